The van der Waals surface area contributed by atoms with Gasteiger partial charge in [-0.1, -0.05) is 0 Å². The molecule has 0 spiro atoms. The van der Waals surface area contributed by atoms with Crippen molar-refractivity contribution < 1.29 is 22.9 Å². The van der Waals surface area contributed by atoms with Crippen molar-refractivity contribution in [3.05, 3.63) is 24.3 Å². The molecule has 1 fully saturated rings. The van der Waals surface area contributed by atoms with Crippen LogP contribution in [0.15, 0.2) is 29.2 Å². The van der Waals surface area contributed by atoms with Gasteiger partial charge in [0, 0.05) is 24.3 Å². The highest BCUT2D eigenvalue weighted by atomic mass is 32.2. The van der Waals surface area contributed by atoms with E-state index in [4.69, 9.17) is 0 Å². The molecule has 1 aromatic carbocycles. The molecule has 0 aromatic heterocycles. The summed E-state index contributed by atoms with van der Waals surface area (Å²) in [6.07, 6.45) is 1.77. The Labute approximate surface area is 173 Å². The first-order chi connectivity index (χ1) is 13.5. The quantitative estimate of drug-likeness (QED) is 0.555. The van der Waals surface area contributed by atoms with E-state index in [1.807, 2.05) is 27.7 Å². The normalized spacial score (nSPS) is 16.4. The smallest absolute Gasteiger partial charge is 0.279 e. The van der Waals surface area contributed by atoms with Gasteiger partial charge in [0.15, 0.2) is 13.1 Å². The van der Waals surface area contributed by atoms with Crippen LogP contribution in [0, 0.1) is 0 Å². The van der Waals surface area contributed by atoms with Crippen molar-refractivity contribution in [2.24, 2.45) is 0 Å². The van der Waals surface area contributed by atoms with Crippen molar-refractivity contribution in [1.82, 2.24) is 9.62 Å². The zero-order valence-electron chi connectivity index (χ0n) is 17.7. The molecule has 1 unspecified atom stereocenters. The van der Waals surface area contributed by atoms with E-state index in [9.17, 15) is 18.0 Å². The van der Waals surface area contributed by atoms with Crippen molar-refractivity contribution in [3.63, 3.8) is 0 Å². The molecule has 2 amide bonds. The molecule has 162 valence electrons. The summed E-state index contributed by atoms with van der Waals surface area (Å²) in [5, 5.41) is 5.67. The van der Waals surface area contributed by atoms with Gasteiger partial charge in [0.1, 0.15) is 0 Å². The number of carbonyl (C=O) groups is 2. The molecule has 3 N–H and O–H groups in total. The second kappa shape index (κ2) is 9.69. The Balaban J connectivity index is 1.92. The molecule has 8 nitrogen and oxygen atoms in total. The lowest BCUT2D eigenvalue weighted by Gasteiger charge is -2.23. The number of hydrogen-bond donors (Lipinski definition) is 3. The zero-order chi connectivity index (χ0) is 21.7. The van der Waals surface area contributed by atoms with Crippen LogP contribution in [0.2, 0.25) is 0 Å². The Bertz CT molecular complexity index is 810. The van der Waals surface area contributed by atoms with E-state index in [0.29, 0.717) is 25.3 Å². The van der Waals surface area contributed by atoms with Gasteiger partial charge in [-0.05, 0) is 64.8 Å². The fourth-order valence-electron chi connectivity index (χ4n) is 3.22. The summed E-state index contributed by atoms with van der Waals surface area (Å²) in [5.74, 6) is -0.320. The Morgan fingerprint density at radius 3 is 2.10 bits per heavy atom. The second-order valence-electron chi connectivity index (χ2n) is 8.44. The fourth-order valence-corrected chi connectivity index (χ4v) is 4.74. The highest BCUT2D eigenvalue weighted by molar-refractivity contribution is 7.89. The Morgan fingerprint density at radius 2 is 1.59 bits per heavy atom. The molecule has 2 rings (SSSR count). The molecule has 9 heteroatoms. The van der Waals surface area contributed by atoms with Crippen LogP contribution < -0.4 is 15.5 Å². The molecule has 1 aliphatic heterocycles. The number of quaternary nitrogens is 1. The Kier molecular flexibility index (Phi) is 7.79. The third-order valence-corrected chi connectivity index (χ3v) is 6.59. The maximum atomic E-state index is 12.6. The van der Waals surface area contributed by atoms with Crippen molar-refractivity contribution in [1.29, 1.82) is 0 Å². The van der Waals surface area contributed by atoms with Crippen LogP contribution >= 0.6 is 0 Å². The van der Waals surface area contributed by atoms with Crippen LogP contribution in [-0.2, 0) is 19.6 Å². The summed E-state index contributed by atoms with van der Waals surface area (Å²) in [7, 11) is -3.46. The van der Waals surface area contributed by atoms with Crippen LogP contribution in [0.5, 0.6) is 0 Å². The number of benzene rings is 1. The van der Waals surface area contributed by atoms with Gasteiger partial charge < -0.3 is 15.5 Å². The van der Waals surface area contributed by atoms with Crippen LogP contribution in [0.3, 0.4) is 0 Å². The summed E-state index contributed by atoms with van der Waals surface area (Å²) in [5.41, 5.74) is 0.222. The Hall–Kier alpha value is -1.97. The predicted molar refractivity (Wildman–Crippen MR) is 112 cm³/mol. The first-order valence-corrected chi connectivity index (χ1v) is 11.5. The zero-order valence-corrected chi connectivity index (χ0v) is 18.6. The number of sulfonamides is 1. The molecule has 0 aliphatic carbocycles. The van der Waals surface area contributed by atoms with Crippen molar-refractivity contribution >= 4 is 27.5 Å². The maximum Gasteiger partial charge on any atom is 0.279 e. The third kappa shape index (κ3) is 7.09. The topological polar surface area (TPSA) is 100 Å². The SMILES string of the molecule is CC[NH+](CC(=O)Nc1ccc(S(=O)(=O)N2CCCC2)cc1)CC(=O)NC(C)(C)C. The lowest BCUT2D eigenvalue weighted by Crippen LogP contribution is -3.14. The van der Waals surface area contributed by atoms with Gasteiger partial charge in [-0.25, -0.2) is 8.42 Å². The molecule has 1 saturated heterocycles. The lowest BCUT2D eigenvalue weighted by molar-refractivity contribution is -0.881. The van der Waals surface area contributed by atoms with Crippen molar-refractivity contribution in [2.45, 2.75) is 51.0 Å². The molecular weight excluding hydrogens is 392 g/mol. The van der Waals surface area contributed by atoms with E-state index >= 15 is 0 Å². The standard InChI is InChI=1S/C20H32N4O4S/c1-5-23(15-19(26)22-20(2,3)4)14-18(25)21-16-8-10-17(11-9-16)29(27,28)24-12-6-7-13-24/h8-11H,5-7,12-15H2,1-4H3,(H,21,25)(H,22,26)/p+1. The minimum atomic E-state index is -3.46. The molecule has 0 saturated carbocycles. The van der Waals surface area contributed by atoms with Gasteiger partial charge in [-0.15, -0.1) is 0 Å². The van der Waals surface area contributed by atoms with E-state index in [0.717, 1.165) is 17.7 Å². The molecule has 0 bridgehead atoms. The highest BCUT2D eigenvalue weighted by Gasteiger charge is 2.27. The molecule has 1 atom stereocenters. The number of carbonyl (C=O) groups excluding carboxylic acids is 2. The molecule has 1 aromatic rings. The minimum absolute atomic E-state index is 0.0985. The number of likely N-dealkylation sites (N-methyl/N-ethyl adjacent to an activating group) is 1. The summed E-state index contributed by atoms with van der Waals surface area (Å²) in [4.78, 5) is 25.5. The van der Waals surface area contributed by atoms with E-state index in [2.05, 4.69) is 10.6 Å². The van der Waals surface area contributed by atoms with E-state index in [-0.39, 0.29) is 35.3 Å². The first kappa shape index (κ1) is 23.3. The molecule has 0 radical (unpaired) electrons. The van der Waals surface area contributed by atoms with Gasteiger partial charge >= 0.3 is 0 Å². The van der Waals surface area contributed by atoms with Crippen molar-refractivity contribution in [3.8, 4) is 0 Å². The van der Waals surface area contributed by atoms with Gasteiger partial charge in [0.25, 0.3) is 11.8 Å². The van der Waals surface area contributed by atoms with Crippen LogP contribution in [0.4, 0.5) is 5.69 Å². The fraction of sp³-hybridized carbons (Fsp3) is 0.600. The monoisotopic (exact) mass is 425 g/mol. The third-order valence-electron chi connectivity index (χ3n) is 4.68. The van der Waals surface area contributed by atoms with Crippen molar-refractivity contribution in [2.75, 3.05) is 38.0 Å². The number of amides is 2. The van der Waals surface area contributed by atoms with Crippen LogP contribution in [0.25, 0.3) is 0 Å². The first-order valence-electron chi connectivity index (χ1n) is 10.1. The van der Waals surface area contributed by atoms with Gasteiger partial charge in [0.05, 0.1) is 11.4 Å². The number of hydrogen-bond acceptors (Lipinski definition) is 4. The van der Waals surface area contributed by atoms with Gasteiger partial charge in [-0.3, -0.25) is 9.59 Å². The average molecular weight is 426 g/mol. The molecular formula is C20H33N4O4S+. The summed E-state index contributed by atoms with van der Waals surface area (Å²) in [6.45, 7) is 9.78. The summed E-state index contributed by atoms with van der Waals surface area (Å²) < 4.78 is 26.6. The molecule has 29 heavy (non-hydrogen) atoms. The average Bonchev–Trinajstić information content (AvgIpc) is 3.15. The Morgan fingerprint density at radius 1 is 1.03 bits per heavy atom. The molecule has 1 aliphatic rings. The molecule has 1 heterocycles. The van der Waals surface area contributed by atoms with Gasteiger partial charge in [0.2, 0.25) is 10.0 Å². The van der Waals surface area contributed by atoms with E-state index < -0.39 is 10.0 Å². The largest absolute Gasteiger partial charge is 0.347 e. The number of rotatable bonds is 8. The number of anilines is 1. The van der Waals surface area contributed by atoms with E-state index in [1.165, 1.54) is 16.4 Å². The number of nitrogens with one attached hydrogen (secondary N) is 3. The van der Waals surface area contributed by atoms with Gasteiger partial charge in [-0.2, -0.15) is 4.31 Å². The van der Waals surface area contributed by atoms with E-state index in [1.54, 1.807) is 12.1 Å². The minimum Gasteiger partial charge on any atom is -0.347 e. The number of nitrogens with zero attached hydrogens (tertiary/aromatic N) is 1. The summed E-state index contributed by atoms with van der Waals surface area (Å²) >= 11 is 0. The van der Waals surface area contributed by atoms with Crippen LogP contribution in [-0.4, -0.2) is 62.8 Å². The second-order valence-corrected chi connectivity index (χ2v) is 10.4. The predicted octanol–water partition coefficient (Wildman–Crippen LogP) is 0.229. The van der Waals surface area contributed by atoms with Crippen LogP contribution in [0.1, 0.15) is 40.5 Å². The lowest BCUT2D eigenvalue weighted by atomic mass is 10.1. The highest BCUT2D eigenvalue weighted by Crippen LogP contribution is 2.22. The maximum absolute atomic E-state index is 12.6. The summed E-state index contributed by atoms with van der Waals surface area (Å²) in [6, 6.07) is 6.23.